The molecule has 1 heterocycles. The second-order valence-corrected chi connectivity index (χ2v) is 1.80. The van der Waals surface area contributed by atoms with Gasteiger partial charge in [0.1, 0.15) is 13.5 Å². The van der Waals surface area contributed by atoms with Gasteiger partial charge in [-0.15, -0.1) is 0 Å². The number of hydrogen-bond acceptors (Lipinski definition) is 3. The van der Waals surface area contributed by atoms with Crippen LogP contribution < -0.4 is 5.69 Å². The van der Waals surface area contributed by atoms with Crippen LogP contribution in [0.4, 0.5) is 0 Å². The lowest BCUT2D eigenvalue weighted by molar-refractivity contribution is 0.188. The summed E-state index contributed by atoms with van der Waals surface area (Å²) in [4.78, 5) is 10.8. The van der Waals surface area contributed by atoms with Crippen LogP contribution in [0.3, 0.4) is 0 Å². The van der Waals surface area contributed by atoms with Crippen molar-refractivity contribution in [2.75, 3.05) is 0 Å². The fraction of sp³-hybridized carbons (Fsp3) is 0.400. The maximum atomic E-state index is 10.8. The second-order valence-electron chi connectivity index (χ2n) is 1.80. The van der Waals surface area contributed by atoms with E-state index >= 15 is 0 Å². The van der Waals surface area contributed by atoms with Gasteiger partial charge in [-0.05, 0) is 0 Å². The van der Waals surface area contributed by atoms with Gasteiger partial charge in [0.15, 0.2) is 0 Å². The lowest BCUT2D eigenvalue weighted by Gasteiger charge is -1.92. The minimum Gasteiger partial charge on any atom is -0.376 e. The maximum absolute atomic E-state index is 10.8. The zero-order valence-electron chi connectivity index (χ0n) is 5.27. The highest BCUT2D eigenvalue weighted by Crippen LogP contribution is 1.80. The molecule has 0 atom stereocenters. The Morgan fingerprint density at radius 2 is 1.60 bits per heavy atom. The molecule has 0 spiro atoms. The molecular formula is C5H8N2O3. The summed E-state index contributed by atoms with van der Waals surface area (Å²) in [5, 5.41) is 17.0. The second kappa shape index (κ2) is 2.68. The number of nitrogens with zero attached hydrogens (tertiary/aromatic N) is 2. The van der Waals surface area contributed by atoms with Crippen LogP contribution in [-0.2, 0) is 13.5 Å². The number of imidazole rings is 1. The van der Waals surface area contributed by atoms with Crippen LogP contribution in [0.25, 0.3) is 0 Å². The minimum atomic E-state index is -0.412. The van der Waals surface area contributed by atoms with E-state index in [1.54, 1.807) is 0 Å². The van der Waals surface area contributed by atoms with E-state index in [4.69, 9.17) is 10.2 Å². The molecule has 0 radical (unpaired) electrons. The van der Waals surface area contributed by atoms with E-state index in [2.05, 4.69) is 0 Å². The summed E-state index contributed by atoms with van der Waals surface area (Å²) in [6.45, 7) is -0.711. The molecule has 0 aliphatic heterocycles. The number of hydrogen-bond donors (Lipinski definition) is 2. The largest absolute Gasteiger partial charge is 0.376 e. The van der Waals surface area contributed by atoms with Crippen molar-refractivity contribution in [3.05, 3.63) is 22.9 Å². The quantitative estimate of drug-likeness (QED) is 0.533. The van der Waals surface area contributed by atoms with Gasteiger partial charge in [0, 0.05) is 12.4 Å². The SMILES string of the molecule is O=c1n(CO)ccn1CO. The maximum Gasteiger partial charge on any atom is 0.331 e. The molecule has 5 heteroatoms. The zero-order valence-corrected chi connectivity index (χ0v) is 5.27. The summed E-state index contributed by atoms with van der Waals surface area (Å²) < 4.78 is 2.16. The molecule has 0 amide bonds. The first-order chi connectivity index (χ1) is 4.79. The first-order valence-electron chi connectivity index (χ1n) is 2.77. The zero-order chi connectivity index (χ0) is 7.56. The predicted molar refractivity (Wildman–Crippen MR) is 33.1 cm³/mol. The Morgan fingerprint density at radius 1 is 1.20 bits per heavy atom. The van der Waals surface area contributed by atoms with Crippen molar-refractivity contribution in [3.63, 3.8) is 0 Å². The Morgan fingerprint density at radius 3 is 1.80 bits per heavy atom. The number of aliphatic hydroxyl groups is 2. The average molecular weight is 144 g/mol. The summed E-state index contributed by atoms with van der Waals surface area (Å²) in [6.07, 6.45) is 2.80. The molecule has 1 aromatic rings. The summed E-state index contributed by atoms with van der Waals surface area (Å²) in [7, 11) is 0. The summed E-state index contributed by atoms with van der Waals surface area (Å²) >= 11 is 0. The molecule has 0 saturated carbocycles. The van der Waals surface area contributed by atoms with Crippen LogP contribution in [0.2, 0.25) is 0 Å². The monoisotopic (exact) mass is 144 g/mol. The van der Waals surface area contributed by atoms with E-state index < -0.39 is 5.69 Å². The van der Waals surface area contributed by atoms with E-state index in [0.717, 1.165) is 9.13 Å². The standard InChI is InChI=1S/C5H8N2O3/c8-3-6-1-2-7(4-9)5(6)10/h1-2,8-9H,3-4H2. The van der Waals surface area contributed by atoms with Gasteiger partial charge in [-0.3, -0.25) is 9.13 Å². The molecule has 0 saturated heterocycles. The van der Waals surface area contributed by atoms with E-state index in [9.17, 15) is 4.79 Å². The van der Waals surface area contributed by atoms with Crippen molar-refractivity contribution in [2.24, 2.45) is 0 Å². The van der Waals surface area contributed by atoms with Crippen LogP contribution in [0.5, 0.6) is 0 Å². The Kier molecular flexibility index (Phi) is 1.88. The first kappa shape index (κ1) is 7.04. The van der Waals surface area contributed by atoms with Crippen molar-refractivity contribution in [1.29, 1.82) is 0 Å². The molecule has 5 nitrogen and oxygen atoms in total. The van der Waals surface area contributed by atoms with Gasteiger partial charge >= 0.3 is 5.69 Å². The van der Waals surface area contributed by atoms with E-state index in [1.165, 1.54) is 12.4 Å². The third-order valence-corrected chi connectivity index (χ3v) is 1.22. The Hall–Kier alpha value is -1.07. The fourth-order valence-corrected chi connectivity index (χ4v) is 0.669. The van der Waals surface area contributed by atoms with Gasteiger partial charge in [0.25, 0.3) is 0 Å². The molecule has 0 aromatic carbocycles. The van der Waals surface area contributed by atoms with Gasteiger partial charge in [0.2, 0.25) is 0 Å². The summed E-state index contributed by atoms with van der Waals surface area (Å²) in [5.41, 5.74) is -0.412. The molecule has 0 fully saturated rings. The van der Waals surface area contributed by atoms with Crippen LogP contribution in [0.1, 0.15) is 0 Å². The smallest absolute Gasteiger partial charge is 0.331 e. The van der Waals surface area contributed by atoms with E-state index in [-0.39, 0.29) is 13.5 Å². The summed E-state index contributed by atoms with van der Waals surface area (Å²) in [6, 6.07) is 0. The number of aromatic nitrogens is 2. The van der Waals surface area contributed by atoms with Crippen molar-refractivity contribution < 1.29 is 10.2 Å². The van der Waals surface area contributed by atoms with Gasteiger partial charge in [0.05, 0.1) is 0 Å². The van der Waals surface area contributed by atoms with Crippen molar-refractivity contribution in [2.45, 2.75) is 13.5 Å². The molecule has 56 valence electrons. The van der Waals surface area contributed by atoms with E-state index in [0.29, 0.717) is 0 Å². The topological polar surface area (TPSA) is 67.4 Å². The molecule has 10 heavy (non-hydrogen) atoms. The molecule has 0 bridgehead atoms. The van der Waals surface area contributed by atoms with Crippen LogP contribution >= 0.6 is 0 Å². The highest BCUT2D eigenvalue weighted by atomic mass is 16.3. The molecule has 2 N–H and O–H groups in total. The Bertz CT molecular complexity index is 238. The van der Waals surface area contributed by atoms with E-state index in [1.807, 2.05) is 0 Å². The Balaban J connectivity index is 3.09. The van der Waals surface area contributed by atoms with Crippen molar-refractivity contribution >= 4 is 0 Å². The third kappa shape index (κ3) is 0.960. The minimum absolute atomic E-state index is 0.355. The lowest BCUT2D eigenvalue weighted by Crippen LogP contribution is -2.23. The number of aliphatic hydroxyl groups excluding tert-OH is 2. The molecule has 1 aromatic heterocycles. The first-order valence-corrected chi connectivity index (χ1v) is 2.77. The van der Waals surface area contributed by atoms with Gasteiger partial charge in [-0.1, -0.05) is 0 Å². The van der Waals surface area contributed by atoms with Crippen molar-refractivity contribution in [3.8, 4) is 0 Å². The highest BCUT2D eigenvalue weighted by Gasteiger charge is 1.97. The highest BCUT2D eigenvalue weighted by molar-refractivity contribution is 4.78. The molecule has 0 unspecified atom stereocenters. The van der Waals surface area contributed by atoms with Gasteiger partial charge < -0.3 is 10.2 Å². The lowest BCUT2D eigenvalue weighted by atomic mass is 10.9. The van der Waals surface area contributed by atoms with Crippen LogP contribution in [0.15, 0.2) is 17.2 Å². The van der Waals surface area contributed by atoms with Crippen LogP contribution in [-0.4, -0.2) is 19.3 Å². The molecular weight excluding hydrogens is 136 g/mol. The normalized spacial score (nSPS) is 10.2. The third-order valence-electron chi connectivity index (χ3n) is 1.22. The molecule has 1 rings (SSSR count). The number of rotatable bonds is 2. The van der Waals surface area contributed by atoms with Gasteiger partial charge in [-0.2, -0.15) is 0 Å². The average Bonchev–Trinajstić information content (AvgIpc) is 2.30. The van der Waals surface area contributed by atoms with Crippen molar-refractivity contribution in [1.82, 2.24) is 9.13 Å². The van der Waals surface area contributed by atoms with Crippen LogP contribution in [0, 0.1) is 0 Å². The Labute approximate surface area is 56.8 Å². The molecule has 0 aliphatic rings. The predicted octanol–water partition coefficient (Wildman–Crippen LogP) is -1.45. The molecule has 0 aliphatic carbocycles. The summed E-state index contributed by atoms with van der Waals surface area (Å²) in [5.74, 6) is 0. The fourth-order valence-electron chi connectivity index (χ4n) is 0.669. The van der Waals surface area contributed by atoms with Gasteiger partial charge in [-0.25, -0.2) is 4.79 Å².